The Morgan fingerprint density at radius 3 is 2.20 bits per heavy atom. The molecule has 0 radical (unpaired) electrons. The SMILES string of the molecule is N#CC1(NC(=O)C2CC(S(=O)(=O)c3ccc(N4CCN(C5CC5)CC4)cc3Cl)CN2C(=O)C2(c3ccc(Cl)cc3)CC2)CC1. The lowest BCUT2D eigenvalue weighted by Crippen LogP contribution is -2.51. The lowest BCUT2D eigenvalue weighted by Gasteiger charge is -2.36. The maximum atomic E-state index is 14.2. The number of amides is 2. The van der Waals surface area contributed by atoms with Crippen LogP contribution in [0, 0.1) is 11.3 Å². The summed E-state index contributed by atoms with van der Waals surface area (Å²) in [6, 6.07) is 14.0. The molecule has 5 aliphatic rings. The van der Waals surface area contributed by atoms with Crippen LogP contribution in [0.15, 0.2) is 47.4 Å². The monoisotopic (exact) mass is 655 g/mol. The van der Waals surface area contributed by atoms with Crippen molar-refractivity contribution < 1.29 is 18.0 Å². The Bertz CT molecular complexity index is 1640. The van der Waals surface area contributed by atoms with Crippen molar-refractivity contribution in [2.45, 2.75) is 78.1 Å². The number of likely N-dealkylation sites (tertiary alicyclic amines) is 1. The third kappa shape index (κ3) is 5.36. The minimum absolute atomic E-state index is 0.00696. The molecule has 12 heteroatoms. The van der Waals surface area contributed by atoms with E-state index in [0.717, 1.165) is 37.4 Å². The zero-order valence-corrected chi connectivity index (χ0v) is 26.7. The number of hydrogen-bond donors (Lipinski definition) is 1. The van der Waals surface area contributed by atoms with Gasteiger partial charge < -0.3 is 15.1 Å². The molecule has 0 bridgehead atoms. The van der Waals surface area contributed by atoms with Crippen molar-refractivity contribution in [2.24, 2.45) is 0 Å². The summed E-state index contributed by atoms with van der Waals surface area (Å²) in [5.41, 5.74) is -0.0873. The predicted molar refractivity (Wildman–Crippen MR) is 167 cm³/mol. The van der Waals surface area contributed by atoms with E-state index in [2.05, 4.69) is 21.2 Å². The quantitative estimate of drug-likeness (QED) is 0.458. The van der Waals surface area contributed by atoms with Crippen molar-refractivity contribution in [3.8, 4) is 6.07 Å². The number of piperazine rings is 1. The number of nitrogens with zero attached hydrogens (tertiary/aromatic N) is 4. The molecule has 2 aliphatic heterocycles. The van der Waals surface area contributed by atoms with Gasteiger partial charge in [-0.15, -0.1) is 0 Å². The van der Waals surface area contributed by atoms with E-state index in [1.807, 2.05) is 12.1 Å². The average molecular weight is 657 g/mol. The van der Waals surface area contributed by atoms with Crippen LogP contribution < -0.4 is 10.2 Å². The van der Waals surface area contributed by atoms with Crippen LogP contribution in [0.2, 0.25) is 10.0 Å². The number of hydrogen-bond acceptors (Lipinski definition) is 7. The number of carbonyl (C=O) groups is 2. The Hall–Kier alpha value is -2.84. The van der Waals surface area contributed by atoms with Crippen molar-refractivity contribution in [3.63, 3.8) is 0 Å². The lowest BCUT2D eigenvalue weighted by molar-refractivity contribution is -0.140. The van der Waals surface area contributed by atoms with Crippen LogP contribution in [0.25, 0.3) is 0 Å². The van der Waals surface area contributed by atoms with E-state index in [4.69, 9.17) is 23.2 Å². The van der Waals surface area contributed by atoms with Crippen molar-refractivity contribution in [3.05, 3.63) is 58.1 Å². The van der Waals surface area contributed by atoms with Gasteiger partial charge in [0, 0.05) is 49.5 Å². The maximum Gasteiger partial charge on any atom is 0.244 e. The second-order valence-electron chi connectivity index (χ2n) is 13.0. The first kappa shape index (κ1) is 29.8. The van der Waals surface area contributed by atoms with Gasteiger partial charge in [-0.2, -0.15) is 5.26 Å². The van der Waals surface area contributed by atoms with Gasteiger partial charge in [0.2, 0.25) is 11.8 Å². The van der Waals surface area contributed by atoms with E-state index in [0.29, 0.717) is 36.7 Å². The van der Waals surface area contributed by atoms with E-state index in [-0.39, 0.29) is 28.8 Å². The van der Waals surface area contributed by atoms with Crippen molar-refractivity contribution in [1.82, 2.24) is 15.1 Å². The van der Waals surface area contributed by atoms with Gasteiger partial charge in [-0.1, -0.05) is 35.3 Å². The van der Waals surface area contributed by atoms with Gasteiger partial charge >= 0.3 is 0 Å². The average Bonchev–Trinajstić information content (AvgIpc) is 3.92. The Balaban J connectivity index is 1.13. The number of benzene rings is 2. The molecule has 3 aliphatic carbocycles. The Morgan fingerprint density at radius 1 is 0.955 bits per heavy atom. The zero-order valence-electron chi connectivity index (χ0n) is 24.3. The fourth-order valence-corrected chi connectivity index (χ4v) is 9.24. The summed E-state index contributed by atoms with van der Waals surface area (Å²) < 4.78 is 28.2. The van der Waals surface area contributed by atoms with Gasteiger partial charge in [0.05, 0.1) is 26.7 Å². The third-order valence-corrected chi connectivity index (χ3v) is 13.0. The minimum Gasteiger partial charge on any atom is -0.369 e. The molecule has 1 N–H and O–H groups in total. The number of rotatable bonds is 8. The van der Waals surface area contributed by atoms with Gasteiger partial charge in [-0.05, 0) is 80.8 Å². The summed E-state index contributed by atoms with van der Waals surface area (Å²) >= 11 is 12.8. The third-order valence-electron chi connectivity index (χ3n) is 10.1. The summed E-state index contributed by atoms with van der Waals surface area (Å²) in [5, 5.41) is 12.0. The summed E-state index contributed by atoms with van der Waals surface area (Å²) in [6.07, 6.45) is 4.73. The molecule has 44 heavy (non-hydrogen) atoms. The highest BCUT2D eigenvalue weighted by Crippen LogP contribution is 2.51. The standard InChI is InChI=1S/C32H35Cl2N5O4S/c33-22-3-1-21(2-4-22)32(11-12-32)30(41)39-19-25(18-27(39)29(40)36-31(20-35)9-10-31)44(42,43)28-8-7-24(17-26(28)34)38-15-13-37(14-16-38)23-5-6-23/h1-4,7-8,17,23,25,27H,5-6,9-16,18-19H2,(H,36,40). The van der Waals surface area contributed by atoms with Crippen LogP contribution in [0.3, 0.4) is 0 Å². The number of sulfone groups is 1. The second kappa shape index (κ2) is 10.9. The molecular formula is C32H35Cl2N5O4S. The Kier molecular flexibility index (Phi) is 7.40. The first-order chi connectivity index (χ1) is 21.0. The molecule has 2 amide bonds. The molecule has 0 spiro atoms. The molecule has 7 rings (SSSR count). The normalized spacial score (nSPS) is 25.8. The van der Waals surface area contributed by atoms with Gasteiger partial charge in [0.15, 0.2) is 9.84 Å². The molecule has 5 fully saturated rings. The molecule has 2 atom stereocenters. The van der Waals surface area contributed by atoms with E-state index in [1.165, 1.54) is 17.7 Å². The lowest BCUT2D eigenvalue weighted by atomic mass is 9.94. The van der Waals surface area contributed by atoms with E-state index >= 15 is 0 Å². The van der Waals surface area contributed by atoms with Crippen molar-refractivity contribution in [1.29, 1.82) is 5.26 Å². The smallest absolute Gasteiger partial charge is 0.244 e. The van der Waals surface area contributed by atoms with E-state index in [1.54, 1.807) is 30.3 Å². The molecule has 3 saturated carbocycles. The molecule has 2 saturated heterocycles. The Morgan fingerprint density at radius 2 is 1.64 bits per heavy atom. The van der Waals surface area contributed by atoms with Crippen LogP contribution in [0.1, 0.15) is 50.5 Å². The number of nitrogens with one attached hydrogen (secondary N) is 1. The topological polar surface area (TPSA) is 114 Å². The molecule has 0 aromatic heterocycles. The predicted octanol–water partition coefficient (Wildman–Crippen LogP) is 3.93. The summed E-state index contributed by atoms with van der Waals surface area (Å²) in [6.45, 7) is 3.53. The second-order valence-corrected chi connectivity index (χ2v) is 16.1. The molecule has 9 nitrogen and oxygen atoms in total. The van der Waals surface area contributed by atoms with Crippen LogP contribution in [-0.2, 0) is 24.8 Å². The van der Waals surface area contributed by atoms with E-state index in [9.17, 15) is 23.3 Å². The van der Waals surface area contributed by atoms with Gasteiger partial charge in [-0.25, -0.2) is 8.42 Å². The first-order valence-corrected chi connectivity index (χ1v) is 17.7. The molecule has 2 aromatic carbocycles. The molecule has 2 heterocycles. The first-order valence-electron chi connectivity index (χ1n) is 15.4. The fraction of sp³-hybridized carbons (Fsp3) is 0.531. The van der Waals surface area contributed by atoms with Gasteiger partial charge in [-0.3, -0.25) is 14.5 Å². The molecule has 232 valence electrons. The minimum atomic E-state index is -4.01. The van der Waals surface area contributed by atoms with Gasteiger partial charge in [0.1, 0.15) is 11.6 Å². The largest absolute Gasteiger partial charge is 0.369 e. The molecule has 2 aromatic rings. The number of anilines is 1. The summed E-state index contributed by atoms with van der Waals surface area (Å²) in [4.78, 5) is 33.9. The van der Waals surface area contributed by atoms with Crippen LogP contribution >= 0.6 is 23.2 Å². The van der Waals surface area contributed by atoms with Crippen LogP contribution in [0.4, 0.5) is 5.69 Å². The highest BCUT2D eigenvalue weighted by atomic mass is 35.5. The highest BCUT2D eigenvalue weighted by molar-refractivity contribution is 7.92. The zero-order chi connectivity index (χ0) is 30.9. The van der Waals surface area contributed by atoms with Crippen molar-refractivity contribution >= 4 is 50.5 Å². The van der Waals surface area contributed by atoms with Gasteiger partial charge in [0.25, 0.3) is 0 Å². The maximum absolute atomic E-state index is 14.2. The molecule has 2 unspecified atom stereocenters. The Labute approximate surface area is 268 Å². The van der Waals surface area contributed by atoms with E-state index < -0.39 is 38.0 Å². The van der Waals surface area contributed by atoms with Crippen LogP contribution in [0.5, 0.6) is 0 Å². The van der Waals surface area contributed by atoms with Crippen molar-refractivity contribution in [2.75, 3.05) is 37.6 Å². The fourth-order valence-electron chi connectivity index (χ4n) is 6.88. The molecular weight excluding hydrogens is 621 g/mol. The number of halogens is 2. The summed E-state index contributed by atoms with van der Waals surface area (Å²) in [5.74, 6) is -0.764. The summed E-state index contributed by atoms with van der Waals surface area (Å²) in [7, 11) is -4.01. The highest BCUT2D eigenvalue weighted by Gasteiger charge is 2.58. The number of nitriles is 1. The van der Waals surface area contributed by atoms with Crippen LogP contribution in [-0.4, -0.2) is 85.6 Å². The number of carbonyl (C=O) groups excluding carboxylic acids is 2.